The summed E-state index contributed by atoms with van der Waals surface area (Å²) in [5.41, 5.74) is 1.77. The Labute approximate surface area is 172 Å². The van der Waals surface area contributed by atoms with Gasteiger partial charge in [0.2, 0.25) is 0 Å². The van der Waals surface area contributed by atoms with Crippen molar-refractivity contribution >= 4 is 5.91 Å². The van der Waals surface area contributed by atoms with E-state index in [0.29, 0.717) is 12.1 Å². The van der Waals surface area contributed by atoms with Gasteiger partial charge in [-0.15, -0.1) is 0 Å². The summed E-state index contributed by atoms with van der Waals surface area (Å²) in [6.45, 7) is 3.43. The van der Waals surface area contributed by atoms with Crippen molar-refractivity contribution in [2.45, 2.75) is 43.9 Å². The monoisotopic (exact) mass is 395 g/mol. The molecule has 0 bridgehead atoms. The molecule has 1 aromatic heterocycles. The molecule has 2 fully saturated rings. The molecule has 2 saturated heterocycles. The molecule has 1 aromatic carbocycles. The van der Waals surface area contributed by atoms with E-state index in [4.69, 9.17) is 9.47 Å². The molecule has 1 spiro atoms. The summed E-state index contributed by atoms with van der Waals surface area (Å²) >= 11 is 0. The third kappa shape index (κ3) is 4.95. The fourth-order valence-electron chi connectivity index (χ4n) is 4.46. The molecule has 1 amide bonds. The SMILES string of the molecule is COc1cccc(CN2CC[C@]3(CCC[C@@H](CNC(=O)c4cccnc4)O3)C2)c1. The second-order valence-electron chi connectivity index (χ2n) is 8.08. The fraction of sp³-hybridized carbons (Fsp3) is 0.478. The molecule has 2 aliphatic heterocycles. The van der Waals surface area contributed by atoms with Crippen LogP contribution in [0.3, 0.4) is 0 Å². The lowest BCUT2D eigenvalue weighted by Crippen LogP contribution is -2.46. The van der Waals surface area contributed by atoms with Crippen LogP contribution in [0.25, 0.3) is 0 Å². The molecule has 0 unspecified atom stereocenters. The Kier molecular flexibility index (Phi) is 6.11. The van der Waals surface area contributed by atoms with Gasteiger partial charge in [0.05, 0.1) is 24.4 Å². The van der Waals surface area contributed by atoms with Crippen LogP contribution in [-0.2, 0) is 11.3 Å². The number of nitrogens with one attached hydrogen (secondary N) is 1. The van der Waals surface area contributed by atoms with Crippen molar-refractivity contribution in [3.05, 3.63) is 59.9 Å². The van der Waals surface area contributed by atoms with Gasteiger partial charge in [0.15, 0.2) is 0 Å². The van der Waals surface area contributed by atoms with E-state index in [2.05, 4.69) is 27.3 Å². The molecular weight excluding hydrogens is 366 g/mol. The second kappa shape index (κ2) is 8.93. The quantitative estimate of drug-likeness (QED) is 0.815. The molecule has 0 saturated carbocycles. The van der Waals surface area contributed by atoms with E-state index in [1.54, 1.807) is 31.6 Å². The average Bonchev–Trinajstić information content (AvgIpc) is 3.14. The molecule has 2 atom stereocenters. The number of rotatable bonds is 6. The zero-order chi connectivity index (χ0) is 20.1. The van der Waals surface area contributed by atoms with E-state index in [1.807, 2.05) is 12.1 Å². The van der Waals surface area contributed by atoms with Gasteiger partial charge in [0.25, 0.3) is 5.91 Å². The van der Waals surface area contributed by atoms with Crippen LogP contribution >= 0.6 is 0 Å². The highest BCUT2D eigenvalue weighted by atomic mass is 16.5. The average molecular weight is 396 g/mol. The van der Waals surface area contributed by atoms with Crippen LogP contribution in [0.15, 0.2) is 48.8 Å². The van der Waals surface area contributed by atoms with Crippen molar-refractivity contribution < 1.29 is 14.3 Å². The van der Waals surface area contributed by atoms with Gasteiger partial charge in [-0.2, -0.15) is 0 Å². The number of benzene rings is 1. The molecule has 3 heterocycles. The van der Waals surface area contributed by atoms with E-state index < -0.39 is 0 Å². The summed E-state index contributed by atoms with van der Waals surface area (Å²) in [6.07, 6.45) is 7.60. The Morgan fingerprint density at radius 3 is 3.10 bits per heavy atom. The highest BCUT2D eigenvalue weighted by Gasteiger charge is 2.42. The lowest BCUT2D eigenvalue weighted by atomic mass is 9.90. The number of aromatic nitrogens is 1. The summed E-state index contributed by atoms with van der Waals surface area (Å²) in [4.78, 5) is 18.8. The van der Waals surface area contributed by atoms with Crippen LogP contribution in [0, 0.1) is 0 Å². The van der Waals surface area contributed by atoms with Crippen LogP contribution in [0.2, 0.25) is 0 Å². The molecule has 6 nitrogen and oxygen atoms in total. The van der Waals surface area contributed by atoms with E-state index in [-0.39, 0.29) is 17.6 Å². The molecule has 29 heavy (non-hydrogen) atoms. The van der Waals surface area contributed by atoms with E-state index in [9.17, 15) is 4.79 Å². The maximum absolute atomic E-state index is 12.3. The number of hydrogen-bond acceptors (Lipinski definition) is 5. The first-order valence-electron chi connectivity index (χ1n) is 10.4. The second-order valence-corrected chi connectivity index (χ2v) is 8.08. The Hall–Kier alpha value is -2.44. The van der Waals surface area contributed by atoms with Crippen LogP contribution in [0.4, 0.5) is 0 Å². The predicted octanol–water partition coefficient (Wildman–Crippen LogP) is 3.03. The number of methoxy groups -OCH3 is 1. The van der Waals surface area contributed by atoms with Gasteiger partial charge in [-0.05, 0) is 55.5 Å². The first kappa shape index (κ1) is 19.9. The van der Waals surface area contributed by atoms with E-state index >= 15 is 0 Å². The lowest BCUT2D eigenvalue weighted by Gasteiger charge is -2.39. The first-order chi connectivity index (χ1) is 14.2. The van der Waals surface area contributed by atoms with Gasteiger partial charge in [0.1, 0.15) is 5.75 Å². The minimum atomic E-state index is -0.0904. The molecule has 0 radical (unpaired) electrons. The number of pyridine rings is 1. The number of hydrogen-bond donors (Lipinski definition) is 1. The Balaban J connectivity index is 1.30. The summed E-state index contributed by atoms with van der Waals surface area (Å²) in [6, 6.07) is 11.8. The van der Waals surface area contributed by atoms with Crippen LogP contribution < -0.4 is 10.1 Å². The molecule has 1 N–H and O–H groups in total. The Bertz CT molecular complexity index is 829. The maximum Gasteiger partial charge on any atom is 0.252 e. The van der Waals surface area contributed by atoms with Crippen molar-refractivity contribution in [1.82, 2.24) is 15.2 Å². The number of ether oxygens (including phenoxy) is 2. The van der Waals surface area contributed by atoms with E-state index in [1.165, 1.54) is 5.56 Å². The zero-order valence-corrected chi connectivity index (χ0v) is 17.0. The predicted molar refractivity (Wildman–Crippen MR) is 111 cm³/mol. The number of carbonyl (C=O) groups excluding carboxylic acids is 1. The van der Waals surface area contributed by atoms with Crippen molar-refractivity contribution in [2.24, 2.45) is 0 Å². The molecule has 154 valence electrons. The third-order valence-corrected chi connectivity index (χ3v) is 5.92. The fourth-order valence-corrected chi connectivity index (χ4v) is 4.46. The van der Waals surface area contributed by atoms with Gasteiger partial charge in [0, 0.05) is 38.6 Å². The van der Waals surface area contributed by atoms with Gasteiger partial charge in [-0.3, -0.25) is 14.7 Å². The summed E-state index contributed by atoms with van der Waals surface area (Å²) in [5.74, 6) is 0.808. The topological polar surface area (TPSA) is 63.7 Å². The van der Waals surface area contributed by atoms with Gasteiger partial charge in [-0.25, -0.2) is 0 Å². The molecule has 4 rings (SSSR count). The van der Waals surface area contributed by atoms with Gasteiger partial charge < -0.3 is 14.8 Å². The van der Waals surface area contributed by atoms with Crippen LogP contribution in [0.1, 0.15) is 41.6 Å². The van der Waals surface area contributed by atoms with Gasteiger partial charge in [-0.1, -0.05) is 12.1 Å². The summed E-state index contributed by atoms with van der Waals surface area (Å²) in [5, 5.41) is 3.01. The normalized spacial score (nSPS) is 24.5. The van der Waals surface area contributed by atoms with Crippen LogP contribution in [0.5, 0.6) is 5.75 Å². The molecule has 6 heteroatoms. The standard InChI is InChI=1S/C23H29N3O3/c1-28-20-7-2-5-18(13-20)16-26-12-10-23(17-26)9-3-8-21(29-23)15-25-22(27)19-6-4-11-24-14-19/h2,4-7,11,13-14,21H,3,8-10,12,15-17H2,1H3,(H,25,27)/t21-,23+/m0/s1. The Morgan fingerprint density at radius 1 is 1.34 bits per heavy atom. The number of amides is 1. The Morgan fingerprint density at radius 2 is 2.28 bits per heavy atom. The maximum atomic E-state index is 12.3. The van der Waals surface area contributed by atoms with Crippen LogP contribution in [-0.4, -0.2) is 54.2 Å². The number of nitrogens with zero attached hydrogens (tertiary/aromatic N) is 2. The van der Waals surface area contributed by atoms with Crippen molar-refractivity contribution in [1.29, 1.82) is 0 Å². The minimum absolute atomic E-state index is 0.0705. The third-order valence-electron chi connectivity index (χ3n) is 5.92. The highest BCUT2D eigenvalue weighted by molar-refractivity contribution is 5.93. The highest BCUT2D eigenvalue weighted by Crippen LogP contribution is 2.37. The first-order valence-corrected chi connectivity index (χ1v) is 10.4. The molecular formula is C23H29N3O3. The molecule has 2 aromatic rings. The van der Waals surface area contributed by atoms with Crippen molar-refractivity contribution in [3.8, 4) is 5.75 Å². The van der Waals surface area contributed by atoms with Crippen molar-refractivity contribution in [3.63, 3.8) is 0 Å². The van der Waals surface area contributed by atoms with E-state index in [0.717, 1.165) is 51.1 Å². The summed E-state index contributed by atoms with van der Waals surface area (Å²) < 4.78 is 11.9. The molecule has 2 aliphatic rings. The van der Waals surface area contributed by atoms with Gasteiger partial charge >= 0.3 is 0 Å². The lowest BCUT2D eigenvalue weighted by molar-refractivity contribution is -0.118. The smallest absolute Gasteiger partial charge is 0.252 e. The number of carbonyl (C=O) groups is 1. The largest absolute Gasteiger partial charge is 0.497 e. The summed E-state index contributed by atoms with van der Waals surface area (Å²) in [7, 11) is 1.70. The van der Waals surface area contributed by atoms with Crippen molar-refractivity contribution in [2.75, 3.05) is 26.7 Å². The molecule has 0 aliphatic carbocycles. The minimum Gasteiger partial charge on any atom is -0.497 e. The zero-order valence-electron chi connectivity index (χ0n) is 17.0. The number of likely N-dealkylation sites (tertiary alicyclic amines) is 1.